The molecule has 2 aromatic rings. The van der Waals surface area contributed by atoms with Crippen molar-refractivity contribution in [2.24, 2.45) is 0 Å². The fraction of sp³-hybridized carbons (Fsp3) is 0.286. The predicted octanol–water partition coefficient (Wildman–Crippen LogP) is 3.02. The molecular weight excluding hydrogens is 369 g/mol. The molecule has 0 spiro atoms. The summed E-state index contributed by atoms with van der Waals surface area (Å²) in [5.74, 6) is 1.04. The lowest BCUT2D eigenvalue weighted by Gasteiger charge is -2.12. The maximum absolute atomic E-state index is 5.25. The molecule has 6 heteroatoms. The van der Waals surface area contributed by atoms with E-state index in [1.807, 2.05) is 6.07 Å². The van der Waals surface area contributed by atoms with Crippen molar-refractivity contribution in [3.8, 4) is 11.8 Å². The summed E-state index contributed by atoms with van der Waals surface area (Å²) in [7, 11) is 3.17. The number of methoxy groups -OCH3 is 2. The van der Waals surface area contributed by atoms with Crippen LogP contribution >= 0.6 is 22.6 Å². The van der Waals surface area contributed by atoms with Crippen LogP contribution in [0.2, 0.25) is 0 Å². The number of anilines is 1. The molecule has 0 unspecified atom stereocenters. The minimum absolute atomic E-state index is 0.520. The first kappa shape index (κ1) is 14.8. The average Bonchev–Trinajstić information content (AvgIpc) is 2.48. The lowest BCUT2D eigenvalue weighted by Crippen LogP contribution is -2.07. The van der Waals surface area contributed by atoms with Crippen molar-refractivity contribution in [1.29, 1.82) is 0 Å². The highest BCUT2D eigenvalue weighted by atomic mass is 127. The number of ether oxygens (including phenoxy) is 2. The largest absolute Gasteiger partial charge is 0.481 e. The van der Waals surface area contributed by atoms with Gasteiger partial charge in [-0.15, -0.1) is 0 Å². The maximum atomic E-state index is 5.25. The van der Waals surface area contributed by atoms with Gasteiger partial charge in [-0.05, 0) is 47.2 Å². The van der Waals surface area contributed by atoms with Gasteiger partial charge in [0, 0.05) is 9.26 Å². The van der Waals surface area contributed by atoms with E-state index in [-0.39, 0.29) is 0 Å². The number of aryl methyl sites for hydroxylation is 1. The van der Waals surface area contributed by atoms with Crippen LogP contribution in [0.25, 0.3) is 0 Å². The number of nitrogens with one attached hydrogen (secondary N) is 1. The van der Waals surface area contributed by atoms with Crippen LogP contribution in [-0.4, -0.2) is 24.2 Å². The van der Waals surface area contributed by atoms with Gasteiger partial charge in [-0.2, -0.15) is 0 Å². The SMILES string of the molecule is COc1ncnc(OC)c1CNc1ccc(C)c(I)c1. The van der Waals surface area contributed by atoms with Gasteiger partial charge in [0.15, 0.2) is 0 Å². The number of aromatic nitrogens is 2. The highest BCUT2D eigenvalue weighted by molar-refractivity contribution is 14.1. The van der Waals surface area contributed by atoms with Crippen molar-refractivity contribution in [2.45, 2.75) is 13.5 Å². The minimum Gasteiger partial charge on any atom is -0.481 e. The summed E-state index contributed by atoms with van der Waals surface area (Å²) in [5, 5.41) is 3.33. The van der Waals surface area contributed by atoms with Crippen LogP contribution in [0.15, 0.2) is 24.5 Å². The van der Waals surface area contributed by atoms with Crippen LogP contribution in [0.3, 0.4) is 0 Å². The summed E-state index contributed by atoms with van der Waals surface area (Å²) >= 11 is 2.32. The van der Waals surface area contributed by atoms with Crippen LogP contribution in [0.1, 0.15) is 11.1 Å². The van der Waals surface area contributed by atoms with Crippen LogP contribution < -0.4 is 14.8 Å². The summed E-state index contributed by atoms with van der Waals surface area (Å²) in [6.07, 6.45) is 1.43. The van der Waals surface area contributed by atoms with Gasteiger partial charge < -0.3 is 14.8 Å². The van der Waals surface area contributed by atoms with E-state index in [2.05, 4.69) is 56.9 Å². The van der Waals surface area contributed by atoms with Gasteiger partial charge in [-0.25, -0.2) is 9.97 Å². The predicted molar refractivity (Wildman–Crippen MR) is 86.4 cm³/mol. The van der Waals surface area contributed by atoms with Crippen molar-refractivity contribution in [3.05, 3.63) is 39.2 Å². The van der Waals surface area contributed by atoms with Gasteiger partial charge >= 0.3 is 0 Å². The Labute approximate surface area is 131 Å². The zero-order valence-corrected chi connectivity index (χ0v) is 13.8. The van der Waals surface area contributed by atoms with E-state index >= 15 is 0 Å². The lowest BCUT2D eigenvalue weighted by molar-refractivity contribution is 0.363. The molecule has 1 heterocycles. The van der Waals surface area contributed by atoms with Gasteiger partial charge in [-0.3, -0.25) is 0 Å². The third-order valence-corrected chi connectivity index (χ3v) is 4.06. The zero-order valence-electron chi connectivity index (χ0n) is 11.6. The number of hydrogen-bond acceptors (Lipinski definition) is 5. The average molecular weight is 385 g/mol. The Balaban J connectivity index is 2.19. The van der Waals surface area contributed by atoms with E-state index in [0.29, 0.717) is 18.3 Å². The zero-order chi connectivity index (χ0) is 14.5. The van der Waals surface area contributed by atoms with E-state index in [9.17, 15) is 0 Å². The molecule has 1 aromatic heterocycles. The van der Waals surface area contributed by atoms with Crippen molar-refractivity contribution >= 4 is 28.3 Å². The molecule has 0 bridgehead atoms. The Morgan fingerprint density at radius 1 is 1.15 bits per heavy atom. The van der Waals surface area contributed by atoms with E-state index in [1.165, 1.54) is 15.5 Å². The Morgan fingerprint density at radius 2 is 1.80 bits per heavy atom. The lowest BCUT2D eigenvalue weighted by atomic mass is 10.2. The topological polar surface area (TPSA) is 56.3 Å². The molecular formula is C14H16IN3O2. The molecule has 0 aliphatic carbocycles. The number of benzene rings is 1. The molecule has 106 valence electrons. The summed E-state index contributed by atoms with van der Waals surface area (Å²) in [4.78, 5) is 8.19. The summed E-state index contributed by atoms with van der Waals surface area (Å²) in [6.45, 7) is 2.62. The van der Waals surface area contributed by atoms with Gasteiger partial charge in [0.05, 0.1) is 26.3 Å². The van der Waals surface area contributed by atoms with E-state index < -0.39 is 0 Å². The van der Waals surface area contributed by atoms with Crippen LogP contribution in [-0.2, 0) is 6.54 Å². The van der Waals surface area contributed by atoms with Gasteiger partial charge in [0.25, 0.3) is 0 Å². The molecule has 2 rings (SSSR count). The Kier molecular flexibility index (Phi) is 4.99. The molecule has 1 aromatic carbocycles. The minimum atomic E-state index is 0.520. The second-order valence-corrected chi connectivity index (χ2v) is 5.35. The Morgan fingerprint density at radius 3 is 2.35 bits per heavy atom. The smallest absolute Gasteiger partial charge is 0.225 e. The highest BCUT2D eigenvalue weighted by Gasteiger charge is 2.12. The molecule has 20 heavy (non-hydrogen) atoms. The highest BCUT2D eigenvalue weighted by Crippen LogP contribution is 2.25. The first-order chi connectivity index (χ1) is 9.65. The third kappa shape index (κ3) is 3.30. The standard InChI is InChI=1S/C14H16IN3O2/c1-9-4-5-10(6-12(9)15)16-7-11-13(19-2)17-8-18-14(11)20-3/h4-6,8,16H,7H2,1-3H3. The normalized spacial score (nSPS) is 10.2. The van der Waals surface area contributed by atoms with Gasteiger partial charge in [-0.1, -0.05) is 6.07 Å². The third-order valence-electron chi connectivity index (χ3n) is 2.89. The van der Waals surface area contributed by atoms with E-state index in [1.54, 1.807) is 14.2 Å². The molecule has 0 amide bonds. The molecule has 0 atom stereocenters. The number of nitrogens with zero attached hydrogens (tertiary/aromatic N) is 2. The van der Waals surface area contributed by atoms with E-state index in [0.717, 1.165) is 11.3 Å². The summed E-state index contributed by atoms with van der Waals surface area (Å²) in [5.41, 5.74) is 3.09. The second kappa shape index (κ2) is 6.74. The summed E-state index contributed by atoms with van der Waals surface area (Å²) < 4.78 is 11.7. The van der Waals surface area contributed by atoms with Crippen molar-refractivity contribution in [2.75, 3.05) is 19.5 Å². The number of hydrogen-bond donors (Lipinski definition) is 1. The molecule has 0 aliphatic rings. The molecule has 0 saturated carbocycles. The molecule has 0 fully saturated rings. The molecule has 0 saturated heterocycles. The Hall–Kier alpha value is -1.57. The van der Waals surface area contributed by atoms with Crippen molar-refractivity contribution < 1.29 is 9.47 Å². The molecule has 0 radical (unpaired) electrons. The first-order valence-corrected chi connectivity index (χ1v) is 7.15. The van der Waals surface area contributed by atoms with Gasteiger partial charge in [0.1, 0.15) is 6.33 Å². The van der Waals surface area contributed by atoms with Gasteiger partial charge in [0.2, 0.25) is 11.8 Å². The molecule has 0 aliphatic heterocycles. The van der Waals surface area contributed by atoms with E-state index in [4.69, 9.17) is 9.47 Å². The van der Waals surface area contributed by atoms with Crippen LogP contribution in [0, 0.1) is 10.5 Å². The first-order valence-electron chi connectivity index (χ1n) is 6.07. The van der Waals surface area contributed by atoms with Crippen molar-refractivity contribution in [1.82, 2.24) is 9.97 Å². The fourth-order valence-corrected chi connectivity index (χ4v) is 2.29. The number of halogens is 1. The van der Waals surface area contributed by atoms with Crippen LogP contribution in [0.4, 0.5) is 5.69 Å². The number of rotatable bonds is 5. The fourth-order valence-electron chi connectivity index (χ4n) is 1.78. The summed E-state index contributed by atoms with van der Waals surface area (Å²) in [6, 6.07) is 6.22. The monoisotopic (exact) mass is 385 g/mol. The molecule has 5 nitrogen and oxygen atoms in total. The second-order valence-electron chi connectivity index (χ2n) is 4.19. The molecule has 1 N–H and O–H groups in total. The van der Waals surface area contributed by atoms with Crippen LogP contribution in [0.5, 0.6) is 11.8 Å². The quantitative estimate of drug-likeness (QED) is 0.802. The maximum Gasteiger partial charge on any atom is 0.225 e. The van der Waals surface area contributed by atoms with Crippen molar-refractivity contribution in [3.63, 3.8) is 0 Å². The Bertz CT molecular complexity index is 583.